The van der Waals surface area contributed by atoms with Crippen LogP contribution in [0.2, 0.25) is 5.02 Å². The average Bonchev–Trinajstić information content (AvgIpc) is 3.67. The van der Waals surface area contributed by atoms with Crippen LogP contribution in [0.1, 0.15) is 67.1 Å². The second-order valence-corrected chi connectivity index (χ2v) is 16.3. The van der Waals surface area contributed by atoms with E-state index in [1.165, 1.54) is 44.6 Å². The summed E-state index contributed by atoms with van der Waals surface area (Å²) in [5.41, 5.74) is -2.44. The van der Waals surface area contributed by atoms with Crippen LogP contribution in [0.15, 0.2) is 42.5 Å². The molecule has 296 valence electrons. The molecule has 0 saturated heterocycles. The van der Waals surface area contributed by atoms with Crippen LogP contribution in [0.4, 0.5) is 32.2 Å². The van der Waals surface area contributed by atoms with Gasteiger partial charge in [-0.2, -0.15) is 19.0 Å². The maximum absolute atomic E-state index is 15.3. The zero-order valence-corrected chi connectivity index (χ0v) is 31.9. The summed E-state index contributed by atoms with van der Waals surface area (Å²) in [6, 6.07) is 7.43. The molecule has 19 heteroatoms. The monoisotopic (exact) mass is 821 g/mol. The van der Waals surface area contributed by atoms with Crippen molar-refractivity contribution in [3.8, 4) is 23.0 Å². The lowest BCUT2D eigenvalue weighted by molar-refractivity contribution is -0.123. The predicted molar refractivity (Wildman–Crippen MR) is 195 cm³/mol. The molecule has 1 aliphatic carbocycles. The van der Waals surface area contributed by atoms with Gasteiger partial charge in [0.2, 0.25) is 15.9 Å². The molecule has 56 heavy (non-hydrogen) atoms. The van der Waals surface area contributed by atoms with E-state index in [1.807, 2.05) is 0 Å². The van der Waals surface area contributed by atoms with Crippen molar-refractivity contribution in [3.05, 3.63) is 93.0 Å². The van der Waals surface area contributed by atoms with Crippen LogP contribution >= 0.6 is 11.6 Å². The fraction of sp³-hybridized carbons (Fsp3) is 0.351. The maximum Gasteiger partial charge on any atom is 0.292 e. The van der Waals surface area contributed by atoms with Gasteiger partial charge in [0.1, 0.15) is 40.9 Å². The molecule has 0 bridgehead atoms. The molecule has 2 aromatic carbocycles. The van der Waals surface area contributed by atoms with E-state index in [1.54, 1.807) is 12.1 Å². The molecule has 0 radical (unpaired) electrons. The van der Waals surface area contributed by atoms with Crippen LogP contribution < -0.4 is 10.0 Å². The standard InChI is InChI=1S/C37H34ClF6N7O4S/c1-18-12-25-31(34(41)42)47-51(33(25)37(18,43)44)17-28(52)46-27(15-19-13-20(39)16-21(40)14-19)30-23(7-6-22(45-30)10-11-36(2,3)53)24-8-9-26(38)29-32(24)50(4)48-35(29)49-56(5,54)55/h6-9,13-14,16,18,27,34,53H,12,15,17H2,1-5H3,(H,46,52)(H,48,49)/t18-,27+/m1/s1. The van der Waals surface area contributed by atoms with E-state index in [0.29, 0.717) is 21.8 Å². The smallest absolute Gasteiger partial charge is 0.292 e. The van der Waals surface area contributed by atoms with E-state index in [2.05, 4.69) is 32.1 Å². The summed E-state index contributed by atoms with van der Waals surface area (Å²) in [5.74, 6) is -2.50. The number of aliphatic hydroxyl groups is 1. The summed E-state index contributed by atoms with van der Waals surface area (Å²) in [7, 11) is -2.31. The number of aromatic nitrogens is 5. The quantitative estimate of drug-likeness (QED) is 0.107. The average molecular weight is 822 g/mol. The number of alkyl halides is 4. The highest BCUT2D eigenvalue weighted by Gasteiger charge is 2.51. The molecule has 2 atom stereocenters. The van der Waals surface area contributed by atoms with Crippen LogP contribution in [-0.4, -0.2) is 55.8 Å². The second kappa shape index (κ2) is 14.8. The molecule has 1 amide bonds. The summed E-state index contributed by atoms with van der Waals surface area (Å²) < 4.78 is 116. The first-order chi connectivity index (χ1) is 26.0. The van der Waals surface area contributed by atoms with Gasteiger partial charge in [0.25, 0.3) is 12.3 Å². The van der Waals surface area contributed by atoms with Crippen molar-refractivity contribution in [2.24, 2.45) is 13.0 Å². The Hall–Kier alpha value is -5.12. The van der Waals surface area contributed by atoms with Gasteiger partial charge in [-0.25, -0.2) is 31.0 Å². The first-order valence-electron chi connectivity index (χ1n) is 16.9. The van der Waals surface area contributed by atoms with Crippen molar-refractivity contribution in [1.29, 1.82) is 0 Å². The van der Waals surface area contributed by atoms with Crippen LogP contribution in [0, 0.1) is 29.4 Å². The molecular formula is C37H34ClF6N7O4S. The Morgan fingerprint density at radius 2 is 1.75 bits per heavy atom. The van der Waals surface area contributed by atoms with E-state index < -0.39 is 75.4 Å². The fourth-order valence-corrected chi connectivity index (χ4v) is 7.44. The number of hydrogen-bond donors (Lipinski definition) is 3. The molecule has 3 N–H and O–H groups in total. The van der Waals surface area contributed by atoms with Crippen molar-refractivity contribution in [2.45, 2.75) is 64.1 Å². The molecule has 0 unspecified atom stereocenters. The first-order valence-corrected chi connectivity index (χ1v) is 19.2. The van der Waals surface area contributed by atoms with Gasteiger partial charge < -0.3 is 10.4 Å². The zero-order chi connectivity index (χ0) is 41.1. The Morgan fingerprint density at radius 3 is 2.38 bits per heavy atom. The number of nitrogens with zero attached hydrogens (tertiary/aromatic N) is 5. The Kier molecular flexibility index (Phi) is 10.7. The molecule has 3 aromatic heterocycles. The van der Waals surface area contributed by atoms with E-state index in [9.17, 15) is 35.9 Å². The molecule has 11 nitrogen and oxygen atoms in total. The van der Waals surface area contributed by atoms with Gasteiger partial charge in [0, 0.05) is 35.7 Å². The van der Waals surface area contributed by atoms with Crippen LogP contribution in [0.25, 0.3) is 22.0 Å². The molecule has 0 spiro atoms. The van der Waals surface area contributed by atoms with Crippen molar-refractivity contribution in [3.63, 3.8) is 0 Å². The van der Waals surface area contributed by atoms with Crippen molar-refractivity contribution in [2.75, 3.05) is 11.0 Å². The first kappa shape index (κ1) is 40.5. The predicted octanol–water partition coefficient (Wildman–Crippen LogP) is 6.58. The summed E-state index contributed by atoms with van der Waals surface area (Å²) >= 11 is 6.57. The molecule has 0 fully saturated rings. The lowest BCUT2D eigenvalue weighted by Gasteiger charge is -2.23. The number of rotatable bonds is 10. The SMILES string of the molecule is C[C@@H]1Cc2c(C(F)F)nn(CC(=O)N[C@@H](Cc3cc(F)cc(F)c3)c3nc(C#CC(C)(C)O)ccc3-c3ccc(Cl)c4c(NS(C)(=O)=O)nn(C)c34)c2C1(F)F. The number of fused-ring (bicyclic) bond motifs is 2. The van der Waals surface area contributed by atoms with E-state index >= 15 is 8.78 Å². The number of pyridine rings is 1. The number of amides is 1. The lowest BCUT2D eigenvalue weighted by Crippen LogP contribution is -2.35. The number of carbonyl (C=O) groups is 1. The third-order valence-electron chi connectivity index (χ3n) is 8.99. The number of hydrogen-bond acceptors (Lipinski definition) is 7. The molecular weight excluding hydrogens is 788 g/mol. The number of halogens is 7. The second-order valence-electron chi connectivity index (χ2n) is 14.1. The zero-order valence-electron chi connectivity index (χ0n) is 30.4. The minimum Gasteiger partial charge on any atom is -0.378 e. The van der Waals surface area contributed by atoms with Crippen molar-refractivity contribution >= 4 is 44.3 Å². The van der Waals surface area contributed by atoms with Crippen LogP contribution in [-0.2, 0) is 47.2 Å². The molecule has 0 aliphatic heterocycles. The number of sulfonamides is 1. The Balaban J connectivity index is 1.54. The highest BCUT2D eigenvalue weighted by molar-refractivity contribution is 7.92. The lowest BCUT2D eigenvalue weighted by atomic mass is 9.93. The van der Waals surface area contributed by atoms with E-state index in [-0.39, 0.29) is 57.1 Å². The topological polar surface area (TPSA) is 144 Å². The van der Waals surface area contributed by atoms with Gasteiger partial charge in [-0.15, -0.1) is 0 Å². The van der Waals surface area contributed by atoms with Crippen LogP contribution in [0.5, 0.6) is 0 Å². The number of aryl methyl sites for hydroxylation is 1. The largest absolute Gasteiger partial charge is 0.378 e. The number of anilines is 1. The Bertz CT molecular complexity index is 2540. The van der Waals surface area contributed by atoms with Crippen molar-refractivity contribution < 1.29 is 44.7 Å². The van der Waals surface area contributed by atoms with E-state index in [0.717, 1.165) is 18.4 Å². The molecule has 6 rings (SSSR count). The van der Waals surface area contributed by atoms with Gasteiger partial charge in [-0.05, 0) is 68.5 Å². The van der Waals surface area contributed by atoms with Gasteiger partial charge in [-0.3, -0.25) is 18.9 Å². The van der Waals surface area contributed by atoms with Gasteiger partial charge in [0.15, 0.2) is 5.82 Å². The maximum atomic E-state index is 15.3. The highest BCUT2D eigenvalue weighted by Crippen LogP contribution is 2.48. The molecule has 1 aliphatic rings. The minimum atomic E-state index is -3.83. The highest BCUT2D eigenvalue weighted by atomic mass is 35.5. The van der Waals surface area contributed by atoms with E-state index in [4.69, 9.17) is 16.6 Å². The van der Waals surface area contributed by atoms with Gasteiger partial charge >= 0.3 is 0 Å². The third kappa shape index (κ3) is 8.34. The van der Waals surface area contributed by atoms with Crippen molar-refractivity contribution in [1.82, 2.24) is 29.9 Å². The molecule has 5 aromatic rings. The number of carbonyl (C=O) groups excluding carboxylic acids is 1. The Labute approximate surface area is 322 Å². The Morgan fingerprint density at radius 1 is 1.09 bits per heavy atom. The van der Waals surface area contributed by atoms with Gasteiger partial charge in [-0.1, -0.05) is 30.5 Å². The normalized spacial score (nSPS) is 15.8. The molecule has 3 heterocycles. The molecule has 0 saturated carbocycles. The van der Waals surface area contributed by atoms with Gasteiger partial charge in [0.05, 0.1) is 33.9 Å². The summed E-state index contributed by atoms with van der Waals surface area (Å²) in [6.45, 7) is 3.13. The number of nitrogens with one attached hydrogen (secondary N) is 2. The fourth-order valence-electron chi connectivity index (χ4n) is 6.70. The summed E-state index contributed by atoms with van der Waals surface area (Å²) in [6.07, 6.45) is -3.00. The summed E-state index contributed by atoms with van der Waals surface area (Å²) in [5, 5.41) is 21.3. The number of benzene rings is 2. The van der Waals surface area contributed by atoms with Crippen LogP contribution in [0.3, 0.4) is 0 Å². The third-order valence-corrected chi connectivity index (χ3v) is 9.86. The minimum absolute atomic E-state index is 0.0194. The summed E-state index contributed by atoms with van der Waals surface area (Å²) in [4.78, 5) is 18.6.